The Balaban J connectivity index is 1.88. The number of carboxylic acid groups (broad SMARTS) is 1. The van der Waals surface area contributed by atoms with Gasteiger partial charge in [-0.15, -0.1) is 0 Å². The van der Waals surface area contributed by atoms with Crippen molar-refractivity contribution in [2.75, 3.05) is 0 Å². The van der Waals surface area contributed by atoms with Crippen molar-refractivity contribution in [3.63, 3.8) is 0 Å². The Morgan fingerprint density at radius 3 is 2.65 bits per heavy atom. The largest absolute Gasteiger partial charge is 0.480 e. The molecule has 1 aromatic heterocycles. The van der Waals surface area contributed by atoms with Crippen LogP contribution in [0.3, 0.4) is 0 Å². The number of carbonyl (C=O) groups is 2. The summed E-state index contributed by atoms with van der Waals surface area (Å²) in [4.78, 5) is 23.9. The third kappa shape index (κ3) is 2.49. The molecule has 1 saturated carbocycles. The molecule has 23 heavy (non-hydrogen) atoms. The van der Waals surface area contributed by atoms with Gasteiger partial charge in [-0.25, -0.2) is 0 Å². The molecule has 1 heterocycles. The predicted molar refractivity (Wildman–Crippen MR) is 88.4 cm³/mol. The van der Waals surface area contributed by atoms with Gasteiger partial charge in [0.2, 0.25) is 5.91 Å². The van der Waals surface area contributed by atoms with E-state index in [-0.39, 0.29) is 6.04 Å². The molecule has 5 nitrogen and oxygen atoms in total. The third-order valence-electron chi connectivity index (χ3n) is 4.85. The van der Waals surface area contributed by atoms with E-state index in [2.05, 4.69) is 5.32 Å². The van der Waals surface area contributed by atoms with Gasteiger partial charge in [0.05, 0.1) is 6.04 Å². The number of carbonyl (C=O) groups excluding carboxylic acids is 1. The molecule has 1 unspecified atom stereocenters. The highest BCUT2D eigenvalue weighted by atomic mass is 35.5. The van der Waals surface area contributed by atoms with Gasteiger partial charge in [-0.1, -0.05) is 24.1 Å². The number of nitrogens with one attached hydrogen (secondary N) is 1. The molecule has 3 rings (SSSR count). The average Bonchev–Trinajstić information content (AvgIpc) is 2.74. The maximum atomic E-state index is 12.4. The van der Waals surface area contributed by atoms with Crippen LogP contribution in [0.2, 0.25) is 5.02 Å². The van der Waals surface area contributed by atoms with Crippen molar-refractivity contribution >= 4 is 34.4 Å². The van der Waals surface area contributed by atoms with Crippen molar-refractivity contribution in [3.8, 4) is 0 Å². The summed E-state index contributed by atoms with van der Waals surface area (Å²) in [6.45, 7) is 1.87. The fraction of sp³-hybridized carbons (Fsp3) is 0.412. The Hall–Kier alpha value is -2.01. The molecule has 122 valence electrons. The molecule has 0 bridgehead atoms. The summed E-state index contributed by atoms with van der Waals surface area (Å²) in [5.41, 5.74) is 0.680. The van der Waals surface area contributed by atoms with Crippen LogP contribution in [0.1, 0.15) is 37.8 Å². The van der Waals surface area contributed by atoms with Crippen molar-refractivity contribution < 1.29 is 14.7 Å². The predicted octanol–water partition coefficient (Wildman–Crippen LogP) is 3.26. The van der Waals surface area contributed by atoms with Crippen LogP contribution in [-0.2, 0) is 16.6 Å². The molecule has 2 aromatic rings. The lowest BCUT2D eigenvalue weighted by atomic mass is 9.68. The van der Waals surface area contributed by atoms with E-state index in [0.29, 0.717) is 17.9 Å². The van der Waals surface area contributed by atoms with Gasteiger partial charge in [-0.05, 0) is 37.5 Å². The van der Waals surface area contributed by atoms with Crippen LogP contribution >= 0.6 is 11.6 Å². The van der Waals surface area contributed by atoms with Gasteiger partial charge in [-0.3, -0.25) is 9.59 Å². The van der Waals surface area contributed by atoms with Gasteiger partial charge in [-0.2, -0.15) is 0 Å². The van der Waals surface area contributed by atoms with Crippen LogP contribution in [0.5, 0.6) is 0 Å². The summed E-state index contributed by atoms with van der Waals surface area (Å²) < 4.78 is 1.95. The Bertz CT molecular complexity index is 792. The molecule has 0 spiro atoms. The summed E-state index contributed by atoms with van der Waals surface area (Å²) in [6, 6.07) is 5.34. The fourth-order valence-electron chi connectivity index (χ4n) is 3.21. The van der Waals surface area contributed by atoms with E-state index in [0.717, 1.165) is 22.9 Å². The Labute approximate surface area is 139 Å². The average molecular weight is 335 g/mol. The number of fused-ring (bicyclic) bond motifs is 1. The summed E-state index contributed by atoms with van der Waals surface area (Å²) in [6.07, 6.45) is 3.54. The topological polar surface area (TPSA) is 71.3 Å². The molecule has 1 aliphatic rings. The van der Waals surface area contributed by atoms with Crippen LogP contribution in [0.4, 0.5) is 0 Å². The zero-order chi connectivity index (χ0) is 16.8. The van der Waals surface area contributed by atoms with Crippen LogP contribution in [0, 0.1) is 5.41 Å². The zero-order valence-corrected chi connectivity index (χ0v) is 13.9. The smallest absolute Gasteiger partial charge is 0.319 e. The van der Waals surface area contributed by atoms with E-state index in [4.69, 9.17) is 11.6 Å². The SMILES string of the molecule is CC(NC(=O)C1(C(=O)O)CCC1)c1cn(C)c2cc(Cl)ccc12. The fourth-order valence-corrected chi connectivity index (χ4v) is 3.38. The standard InChI is InChI=1S/C17H19ClN2O3/c1-10(19-15(21)17(16(22)23)6-3-7-17)13-9-20(2)14-8-11(18)4-5-12(13)14/h4-5,8-10H,3,6-7H2,1-2H3,(H,19,21)(H,22,23). The summed E-state index contributed by atoms with van der Waals surface area (Å²) in [5.74, 6) is -1.42. The first-order chi connectivity index (χ1) is 10.8. The number of nitrogens with zero attached hydrogens (tertiary/aromatic N) is 1. The number of hydrogen-bond acceptors (Lipinski definition) is 2. The Morgan fingerprint density at radius 2 is 2.09 bits per heavy atom. The molecule has 0 radical (unpaired) electrons. The molecule has 1 fully saturated rings. The molecule has 1 atom stereocenters. The van der Waals surface area contributed by atoms with Crippen molar-refractivity contribution in [2.45, 2.75) is 32.2 Å². The number of benzene rings is 1. The van der Waals surface area contributed by atoms with E-state index in [1.165, 1.54) is 0 Å². The van der Waals surface area contributed by atoms with Gasteiger partial charge >= 0.3 is 5.97 Å². The highest BCUT2D eigenvalue weighted by Crippen LogP contribution is 2.42. The molecule has 2 N–H and O–H groups in total. The number of amides is 1. The van der Waals surface area contributed by atoms with Crippen molar-refractivity contribution in [1.82, 2.24) is 9.88 Å². The molecule has 0 aliphatic heterocycles. The van der Waals surface area contributed by atoms with Crippen molar-refractivity contribution in [2.24, 2.45) is 12.5 Å². The first-order valence-electron chi connectivity index (χ1n) is 7.64. The van der Waals surface area contributed by atoms with Gasteiger partial charge in [0.1, 0.15) is 5.41 Å². The molecular formula is C17H19ClN2O3. The molecule has 1 amide bonds. The Kier molecular flexibility index (Phi) is 3.84. The molecule has 1 aliphatic carbocycles. The lowest BCUT2D eigenvalue weighted by Gasteiger charge is -2.36. The van der Waals surface area contributed by atoms with E-state index < -0.39 is 17.3 Å². The minimum atomic E-state index is -1.25. The van der Waals surface area contributed by atoms with Crippen LogP contribution in [-0.4, -0.2) is 21.6 Å². The van der Waals surface area contributed by atoms with E-state index >= 15 is 0 Å². The lowest BCUT2D eigenvalue weighted by molar-refractivity contribution is -0.162. The minimum Gasteiger partial charge on any atom is -0.480 e. The summed E-state index contributed by atoms with van der Waals surface area (Å²) >= 11 is 6.04. The van der Waals surface area contributed by atoms with Gasteiger partial charge in [0.25, 0.3) is 0 Å². The van der Waals surface area contributed by atoms with E-state index in [1.807, 2.05) is 42.9 Å². The number of aliphatic carboxylic acids is 1. The number of aryl methyl sites for hydroxylation is 1. The number of aromatic nitrogens is 1. The van der Waals surface area contributed by atoms with Gasteiger partial charge < -0.3 is 15.0 Å². The number of rotatable bonds is 4. The molecule has 1 aromatic carbocycles. The molecule has 0 saturated heterocycles. The number of hydrogen-bond donors (Lipinski definition) is 2. The summed E-state index contributed by atoms with van der Waals surface area (Å²) in [5, 5.41) is 13.9. The lowest BCUT2D eigenvalue weighted by Crippen LogP contribution is -2.51. The van der Waals surface area contributed by atoms with Crippen LogP contribution in [0.25, 0.3) is 10.9 Å². The van der Waals surface area contributed by atoms with E-state index in [9.17, 15) is 14.7 Å². The molecular weight excluding hydrogens is 316 g/mol. The van der Waals surface area contributed by atoms with Crippen molar-refractivity contribution in [3.05, 3.63) is 35.0 Å². The van der Waals surface area contributed by atoms with Gasteiger partial charge in [0, 0.05) is 29.2 Å². The highest BCUT2D eigenvalue weighted by molar-refractivity contribution is 6.31. The zero-order valence-electron chi connectivity index (χ0n) is 13.1. The maximum Gasteiger partial charge on any atom is 0.319 e. The van der Waals surface area contributed by atoms with Crippen LogP contribution < -0.4 is 5.32 Å². The second kappa shape index (κ2) is 5.57. The quantitative estimate of drug-likeness (QED) is 0.843. The number of halogens is 1. The minimum absolute atomic E-state index is 0.274. The van der Waals surface area contributed by atoms with Crippen molar-refractivity contribution in [1.29, 1.82) is 0 Å². The second-order valence-corrected chi connectivity index (χ2v) is 6.73. The van der Waals surface area contributed by atoms with Gasteiger partial charge in [0.15, 0.2) is 0 Å². The molecule has 6 heteroatoms. The highest BCUT2D eigenvalue weighted by Gasteiger charge is 2.51. The first-order valence-corrected chi connectivity index (χ1v) is 8.02. The van der Waals surface area contributed by atoms with Crippen LogP contribution in [0.15, 0.2) is 24.4 Å². The first kappa shape index (κ1) is 15.9. The normalized spacial score (nSPS) is 17.5. The maximum absolute atomic E-state index is 12.4. The second-order valence-electron chi connectivity index (χ2n) is 6.29. The summed E-state index contributed by atoms with van der Waals surface area (Å²) in [7, 11) is 1.92. The van der Waals surface area contributed by atoms with E-state index in [1.54, 1.807) is 0 Å². The number of carboxylic acids is 1. The third-order valence-corrected chi connectivity index (χ3v) is 5.08. The Morgan fingerprint density at radius 1 is 1.39 bits per heavy atom. The monoisotopic (exact) mass is 334 g/mol.